The molecule has 0 aliphatic carbocycles. The Morgan fingerprint density at radius 3 is 1.05 bits per heavy atom. The number of rotatable bonds is 4. The van der Waals surface area contributed by atoms with E-state index in [0.29, 0.717) is 22.2 Å². The van der Waals surface area contributed by atoms with E-state index in [1.54, 1.807) is 0 Å². The van der Waals surface area contributed by atoms with Crippen molar-refractivity contribution in [3.63, 3.8) is 0 Å². The highest BCUT2D eigenvalue weighted by molar-refractivity contribution is 6.70. The van der Waals surface area contributed by atoms with Crippen molar-refractivity contribution in [2.45, 2.75) is 77.6 Å². The summed E-state index contributed by atoms with van der Waals surface area (Å²) in [5, 5.41) is 10.3. The van der Waals surface area contributed by atoms with E-state index in [1.165, 1.54) is 43.1 Å². The van der Waals surface area contributed by atoms with Crippen molar-refractivity contribution in [2.75, 3.05) is 0 Å². The molecule has 0 bridgehead atoms. The average Bonchev–Trinajstić information content (AvgIpc) is 2.91. The molecule has 0 spiro atoms. The first kappa shape index (κ1) is 28.2. The van der Waals surface area contributed by atoms with Gasteiger partial charge in [0.2, 0.25) is 0 Å². The van der Waals surface area contributed by atoms with Gasteiger partial charge in [0.15, 0.2) is 0 Å². The van der Waals surface area contributed by atoms with Gasteiger partial charge in [-0.3, -0.25) is 0 Å². The lowest BCUT2D eigenvalue weighted by Crippen LogP contribution is -2.18. The molecule has 5 aromatic rings. The molecule has 202 valence electrons. The second kappa shape index (κ2) is 11.7. The topological polar surface area (TPSA) is 0 Å². The molecule has 0 heterocycles. The maximum Gasteiger partial charge on any atom is 0.128 e. The Morgan fingerprint density at radius 1 is 0.400 bits per heavy atom. The molecule has 0 aliphatic heterocycles. The zero-order valence-electron chi connectivity index (χ0n) is 25.4. The molecule has 0 saturated heterocycles. The third-order valence-electron chi connectivity index (χ3n) is 8.43. The van der Waals surface area contributed by atoms with Crippen LogP contribution in [0.4, 0.5) is 0 Å². The zero-order chi connectivity index (χ0) is 28.6. The SMILES string of the molecule is CC(C)[SiH](C#Cc1ccc2c(ccc3cc4c(ccc5cc(C#C[SiH](C(C)C)C(C)C)ccc54)cc32)c1)C(C)C. The summed E-state index contributed by atoms with van der Waals surface area (Å²) in [6.07, 6.45) is 0. The first-order valence-electron chi connectivity index (χ1n) is 15.0. The molecular weight excluding hydrogens is 513 g/mol. The van der Waals surface area contributed by atoms with Crippen LogP contribution >= 0.6 is 0 Å². The van der Waals surface area contributed by atoms with E-state index >= 15 is 0 Å². The van der Waals surface area contributed by atoms with Crippen LogP contribution in [0.2, 0.25) is 22.2 Å². The molecule has 5 rings (SSSR count). The molecule has 0 unspecified atom stereocenters. The summed E-state index contributed by atoms with van der Waals surface area (Å²) in [7, 11) is -2.18. The predicted octanol–water partition coefficient (Wildman–Crippen LogP) is 10.2. The van der Waals surface area contributed by atoms with Gasteiger partial charge in [-0.1, -0.05) is 104 Å². The van der Waals surface area contributed by atoms with Gasteiger partial charge in [0.25, 0.3) is 0 Å². The summed E-state index contributed by atoms with van der Waals surface area (Å²) in [5.74, 6) is 7.06. The van der Waals surface area contributed by atoms with Crippen molar-refractivity contribution in [1.29, 1.82) is 0 Å². The second-order valence-corrected chi connectivity index (χ2v) is 20.9. The Hall–Kier alpha value is -3.31. The minimum absolute atomic E-state index is 0.699. The fraction of sp³-hybridized carbons (Fsp3) is 0.316. The van der Waals surface area contributed by atoms with Crippen molar-refractivity contribution in [1.82, 2.24) is 0 Å². The van der Waals surface area contributed by atoms with Gasteiger partial charge in [0, 0.05) is 11.1 Å². The summed E-state index contributed by atoms with van der Waals surface area (Å²) in [4.78, 5) is 0. The van der Waals surface area contributed by atoms with Crippen LogP contribution in [0, 0.1) is 22.9 Å². The smallest absolute Gasteiger partial charge is 0.128 e. The highest BCUT2D eigenvalue weighted by Gasteiger charge is 2.17. The van der Waals surface area contributed by atoms with E-state index in [2.05, 4.69) is 151 Å². The van der Waals surface area contributed by atoms with E-state index in [4.69, 9.17) is 0 Å². The molecule has 0 amide bonds. The van der Waals surface area contributed by atoms with Crippen molar-refractivity contribution in [3.05, 3.63) is 83.9 Å². The van der Waals surface area contributed by atoms with Crippen LogP contribution in [0.1, 0.15) is 66.5 Å². The molecule has 0 nitrogen and oxygen atoms in total. The fourth-order valence-electron chi connectivity index (χ4n) is 6.32. The van der Waals surface area contributed by atoms with E-state index in [-0.39, 0.29) is 0 Å². The van der Waals surface area contributed by atoms with Crippen LogP contribution in [0.25, 0.3) is 43.1 Å². The molecule has 5 aromatic carbocycles. The number of fused-ring (bicyclic) bond motifs is 6. The van der Waals surface area contributed by atoms with Gasteiger partial charge in [-0.2, -0.15) is 0 Å². The minimum Gasteiger partial charge on any atom is -0.130 e. The summed E-state index contributed by atoms with van der Waals surface area (Å²) in [5.41, 5.74) is 12.4. The molecule has 40 heavy (non-hydrogen) atoms. The summed E-state index contributed by atoms with van der Waals surface area (Å²) in [6, 6.07) is 27.3. The number of hydrogen-bond acceptors (Lipinski definition) is 0. The predicted molar refractivity (Wildman–Crippen MR) is 185 cm³/mol. The highest BCUT2D eigenvalue weighted by atomic mass is 28.3. The van der Waals surface area contributed by atoms with Crippen molar-refractivity contribution in [3.8, 4) is 22.9 Å². The zero-order valence-corrected chi connectivity index (χ0v) is 27.7. The Bertz CT molecular complexity index is 1680. The van der Waals surface area contributed by atoms with E-state index in [1.807, 2.05) is 0 Å². The molecule has 0 aromatic heterocycles. The van der Waals surface area contributed by atoms with Gasteiger partial charge in [0.05, 0.1) is 0 Å². The average molecular weight is 555 g/mol. The molecule has 2 heteroatoms. The van der Waals surface area contributed by atoms with Crippen molar-refractivity contribution >= 4 is 60.7 Å². The van der Waals surface area contributed by atoms with Crippen LogP contribution in [0.5, 0.6) is 0 Å². The molecule has 0 fully saturated rings. The Kier molecular flexibility index (Phi) is 8.23. The second-order valence-electron chi connectivity index (χ2n) is 12.9. The Morgan fingerprint density at radius 2 is 0.725 bits per heavy atom. The van der Waals surface area contributed by atoms with Crippen molar-refractivity contribution < 1.29 is 0 Å². The van der Waals surface area contributed by atoms with Crippen LogP contribution < -0.4 is 0 Å². The fourth-order valence-corrected chi connectivity index (χ4v) is 11.4. The van der Waals surface area contributed by atoms with Gasteiger partial charge < -0.3 is 0 Å². The summed E-state index contributed by atoms with van der Waals surface area (Å²) >= 11 is 0. The van der Waals surface area contributed by atoms with Gasteiger partial charge in [-0.15, -0.1) is 11.1 Å². The third kappa shape index (κ3) is 5.76. The normalized spacial score (nSPS) is 11.9. The van der Waals surface area contributed by atoms with Crippen LogP contribution in [0.3, 0.4) is 0 Å². The van der Waals surface area contributed by atoms with Gasteiger partial charge in [-0.05, 0) is 102 Å². The van der Waals surface area contributed by atoms with E-state index in [9.17, 15) is 0 Å². The standard InChI is InChI=1S/C38H42Si2/c1-25(2)39(26(3)4)19-17-29-9-15-35-31(21-29)11-13-33-24-38-34(23-37(33)35)14-12-32-22-30(10-16-36(32)38)18-20-40(27(5)6)28(7)8/h9-16,21-28,39-40H,1-8H3. The van der Waals surface area contributed by atoms with Gasteiger partial charge in [-0.25, -0.2) is 0 Å². The lowest BCUT2D eigenvalue weighted by Gasteiger charge is -2.16. The quantitative estimate of drug-likeness (QED) is 0.0897. The molecule has 0 atom stereocenters. The Labute approximate surface area is 244 Å². The highest BCUT2D eigenvalue weighted by Crippen LogP contribution is 2.34. The van der Waals surface area contributed by atoms with E-state index in [0.717, 1.165) is 11.1 Å². The summed E-state index contributed by atoms with van der Waals surface area (Å²) in [6.45, 7) is 18.6. The minimum atomic E-state index is -1.09. The molecule has 0 saturated carbocycles. The maximum atomic E-state index is 3.69. The number of benzene rings is 5. The molecule has 0 radical (unpaired) electrons. The van der Waals surface area contributed by atoms with E-state index < -0.39 is 17.6 Å². The van der Waals surface area contributed by atoms with Crippen LogP contribution in [-0.4, -0.2) is 17.6 Å². The monoisotopic (exact) mass is 554 g/mol. The number of hydrogen-bond donors (Lipinski definition) is 0. The largest absolute Gasteiger partial charge is 0.130 e. The first-order chi connectivity index (χ1) is 19.1. The Balaban J connectivity index is 1.54. The van der Waals surface area contributed by atoms with Crippen molar-refractivity contribution in [2.24, 2.45) is 0 Å². The molecule has 0 aliphatic rings. The third-order valence-corrected chi connectivity index (χ3v) is 15.1. The van der Waals surface area contributed by atoms with Gasteiger partial charge >= 0.3 is 0 Å². The lowest BCUT2D eigenvalue weighted by molar-refractivity contribution is 0.954. The summed E-state index contributed by atoms with van der Waals surface area (Å²) < 4.78 is 0. The van der Waals surface area contributed by atoms with Crippen LogP contribution in [0.15, 0.2) is 72.8 Å². The molecular formula is C38H42Si2. The van der Waals surface area contributed by atoms with Crippen LogP contribution in [-0.2, 0) is 0 Å². The maximum absolute atomic E-state index is 3.69. The first-order valence-corrected chi connectivity index (χ1v) is 18.8. The lowest BCUT2D eigenvalue weighted by atomic mass is 9.94. The van der Waals surface area contributed by atoms with Gasteiger partial charge in [0.1, 0.15) is 17.6 Å². The molecule has 0 N–H and O–H groups in total.